The predicted molar refractivity (Wildman–Crippen MR) is 67.8 cm³/mol. The second-order valence-corrected chi connectivity index (χ2v) is 5.62. The largest absolute Gasteiger partial charge is 0.463 e. The van der Waals surface area contributed by atoms with Crippen LogP contribution in [0.4, 0.5) is 0 Å². The van der Waals surface area contributed by atoms with Crippen molar-refractivity contribution in [3.05, 3.63) is 23.2 Å². The lowest BCUT2D eigenvalue weighted by molar-refractivity contribution is 0.280. The maximum Gasteiger partial charge on any atom is 0.120 e. The Kier molecular flexibility index (Phi) is 2.97. The fourth-order valence-electron chi connectivity index (χ4n) is 2.26. The first kappa shape index (κ1) is 11.3. The molecular formula is C14H22N2O. The molecule has 2 aliphatic rings. The van der Waals surface area contributed by atoms with E-state index in [0.29, 0.717) is 0 Å². The second kappa shape index (κ2) is 4.46. The number of furan rings is 1. The lowest BCUT2D eigenvalue weighted by Crippen LogP contribution is -2.19. The van der Waals surface area contributed by atoms with E-state index in [-0.39, 0.29) is 0 Å². The van der Waals surface area contributed by atoms with Gasteiger partial charge in [-0.25, -0.2) is 0 Å². The van der Waals surface area contributed by atoms with Gasteiger partial charge in [0.25, 0.3) is 0 Å². The van der Waals surface area contributed by atoms with Gasteiger partial charge in [0.1, 0.15) is 11.5 Å². The Bertz CT molecular complexity index is 391. The van der Waals surface area contributed by atoms with E-state index in [2.05, 4.69) is 30.3 Å². The van der Waals surface area contributed by atoms with Crippen molar-refractivity contribution >= 4 is 0 Å². The van der Waals surface area contributed by atoms with Crippen LogP contribution in [0.3, 0.4) is 0 Å². The Labute approximate surface area is 103 Å². The molecule has 3 nitrogen and oxygen atoms in total. The molecular weight excluding hydrogens is 212 g/mol. The summed E-state index contributed by atoms with van der Waals surface area (Å²) in [5.74, 6) is 2.24. The summed E-state index contributed by atoms with van der Waals surface area (Å²) in [6.45, 7) is 3.99. The van der Waals surface area contributed by atoms with Gasteiger partial charge in [-0.1, -0.05) is 0 Å². The van der Waals surface area contributed by atoms with E-state index in [1.54, 1.807) is 0 Å². The Hall–Kier alpha value is -0.800. The molecule has 0 saturated heterocycles. The molecule has 1 N–H and O–H groups in total. The van der Waals surface area contributed by atoms with Crippen LogP contribution in [0.1, 0.15) is 42.8 Å². The van der Waals surface area contributed by atoms with E-state index in [9.17, 15) is 0 Å². The minimum Gasteiger partial charge on any atom is -0.463 e. The summed E-state index contributed by atoms with van der Waals surface area (Å²) in [6.07, 6.45) is 5.37. The van der Waals surface area contributed by atoms with Gasteiger partial charge in [0.2, 0.25) is 0 Å². The van der Waals surface area contributed by atoms with Crippen LogP contribution in [0.5, 0.6) is 0 Å². The van der Waals surface area contributed by atoms with Crippen molar-refractivity contribution in [2.45, 2.75) is 57.8 Å². The maximum absolute atomic E-state index is 5.94. The normalized spacial score (nSPS) is 20.2. The summed E-state index contributed by atoms with van der Waals surface area (Å²) in [6, 6.07) is 3.74. The number of aryl methyl sites for hydroxylation is 1. The molecule has 1 aromatic rings. The van der Waals surface area contributed by atoms with Crippen molar-refractivity contribution < 1.29 is 4.42 Å². The van der Waals surface area contributed by atoms with Gasteiger partial charge < -0.3 is 9.73 Å². The Morgan fingerprint density at radius 1 is 1.35 bits per heavy atom. The van der Waals surface area contributed by atoms with Crippen LogP contribution in [-0.4, -0.2) is 24.0 Å². The zero-order valence-electron chi connectivity index (χ0n) is 10.8. The first-order valence-electron chi connectivity index (χ1n) is 6.74. The van der Waals surface area contributed by atoms with Gasteiger partial charge >= 0.3 is 0 Å². The molecule has 0 aliphatic heterocycles. The summed E-state index contributed by atoms with van der Waals surface area (Å²) >= 11 is 0. The molecule has 0 unspecified atom stereocenters. The number of nitrogens with zero attached hydrogens (tertiary/aromatic N) is 1. The molecule has 1 heterocycles. The molecule has 94 valence electrons. The van der Waals surface area contributed by atoms with Gasteiger partial charge in [-0.05, 0) is 51.3 Å². The molecule has 0 atom stereocenters. The number of hydrogen-bond donors (Lipinski definition) is 1. The van der Waals surface area contributed by atoms with Crippen molar-refractivity contribution in [2.24, 2.45) is 0 Å². The van der Waals surface area contributed by atoms with Crippen molar-refractivity contribution in [3.63, 3.8) is 0 Å². The summed E-state index contributed by atoms with van der Waals surface area (Å²) in [5.41, 5.74) is 1.29. The van der Waals surface area contributed by atoms with Gasteiger partial charge in [0.05, 0.1) is 13.1 Å². The van der Waals surface area contributed by atoms with E-state index in [1.807, 2.05) is 0 Å². The number of nitrogens with one attached hydrogen (secondary N) is 1. The average Bonchev–Trinajstić information content (AvgIpc) is 3.15. The van der Waals surface area contributed by atoms with Crippen LogP contribution in [-0.2, 0) is 13.1 Å². The zero-order chi connectivity index (χ0) is 11.8. The molecule has 0 radical (unpaired) electrons. The molecule has 1 aromatic heterocycles. The molecule has 0 spiro atoms. The average molecular weight is 234 g/mol. The molecule has 17 heavy (non-hydrogen) atoms. The Morgan fingerprint density at radius 3 is 2.76 bits per heavy atom. The molecule has 3 heteroatoms. The van der Waals surface area contributed by atoms with E-state index in [4.69, 9.17) is 4.42 Å². The van der Waals surface area contributed by atoms with Crippen LogP contribution in [0.2, 0.25) is 0 Å². The van der Waals surface area contributed by atoms with Crippen LogP contribution in [0.25, 0.3) is 0 Å². The highest BCUT2D eigenvalue weighted by Gasteiger charge is 2.27. The third-order valence-corrected chi connectivity index (χ3v) is 3.78. The second-order valence-electron chi connectivity index (χ2n) is 5.62. The third-order valence-electron chi connectivity index (χ3n) is 3.78. The van der Waals surface area contributed by atoms with Gasteiger partial charge in [-0.3, -0.25) is 4.90 Å². The summed E-state index contributed by atoms with van der Waals surface area (Å²) in [7, 11) is 2.19. The fraction of sp³-hybridized carbons (Fsp3) is 0.714. The summed E-state index contributed by atoms with van der Waals surface area (Å²) in [5, 5.41) is 3.51. The fourth-order valence-corrected chi connectivity index (χ4v) is 2.26. The molecule has 0 amide bonds. The summed E-state index contributed by atoms with van der Waals surface area (Å²) in [4.78, 5) is 2.40. The minimum atomic E-state index is 0.747. The predicted octanol–water partition coefficient (Wildman–Crippen LogP) is 2.43. The first-order valence-corrected chi connectivity index (χ1v) is 6.74. The first-order chi connectivity index (χ1) is 8.22. The quantitative estimate of drug-likeness (QED) is 0.819. The van der Waals surface area contributed by atoms with E-state index in [0.717, 1.165) is 36.7 Å². The Morgan fingerprint density at radius 2 is 2.12 bits per heavy atom. The molecule has 0 bridgehead atoms. The van der Waals surface area contributed by atoms with Crippen LogP contribution in [0, 0.1) is 6.92 Å². The number of rotatable bonds is 6. The third kappa shape index (κ3) is 2.90. The van der Waals surface area contributed by atoms with Crippen LogP contribution >= 0.6 is 0 Å². The standard InChI is InChI=1S/C14H22N2O/c1-10-7-13(9-16(2)12-5-6-12)17-14(10)8-15-11-3-4-11/h7,11-12,15H,3-6,8-9H2,1-2H3. The summed E-state index contributed by atoms with van der Waals surface area (Å²) < 4.78 is 5.94. The van der Waals surface area contributed by atoms with Crippen molar-refractivity contribution in [1.82, 2.24) is 10.2 Å². The van der Waals surface area contributed by atoms with Crippen LogP contribution in [0.15, 0.2) is 10.5 Å². The molecule has 2 aliphatic carbocycles. The zero-order valence-corrected chi connectivity index (χ0v) is 10.8. The molecule has 3 rings (SSSR count). The molecule has 0 aromatic carbocycles. The van der Waals surface area contributed by atoms with E-state index >= 15 is 0 Å². The van der Waals surface area contributed by atoms with Gasteiger partial charge in [0, 0.05) is 12.1 Å². The maximum atomic E-state index is 5.94. The molecule has 2 fully saturated rings. The highest BCUT2D eigenvalue weighted by molar-refractivity contribution is 5.20. The van der Waals surface area contributed by atoms with E-state index in [1.165, 1.54) is 31.2 Å². The van der Waals surface area contributed by atoms with Gasteiger partial charge in [-0.15, -0.1) is 0 Å². The molecule has 2 saturated carbocycles. The van der Waals surface area contributed by atoms with Crippen molar-refractivity contribution in [1.29, 1.82) is 0 Å². The lowest BCUT2D eigenvalue weighted by Gasteiger charge is -2.13. The van der Waals surface area contributed by atoms with Gasteiger partial charge in [-0.2, -0.15) is 0 Å². The lowest BCUT2D eigenvalue weighted by atomic mass is 10.2. The monoisotopic (exact) mass is 234 g/mol. The topological polar surface area (TPSA) is 28.4 Å². The SMILES string of the molecule is Cc1cc(CN(C)C2CC2)oc1CNC1CC1. The van der Waals surface area contributed by atoms with E-state index < -0.39 is 0 Å². The van der Waals surface area contributed by atoms with Gasteiger partial charge in [0.15, 0.2) is 0 Å². The van der Waals surface area contributed by atoms with Crippen molar-refractivity contribution in [2.75, 3.05) is 7.05 Å². The Balaban J connectivity index is 1.57. The van der Waals surface area contributed by atoms with Crippen LogP contribution < -0.4 is 5.32 Å². The highest BCUT2D eigenvalue weighted by Crippen LogP contribution is 2.27. The minimum absolute atomic E-state index is 0.747. The van der Waals surface area contributed by atoms with Crippen molar-refractivity contribution in [3.8, 4) is 0 Å². The highest BCUT2D eigenvalue weighted by atomic mass is 16.3. The smallest absolute Gasteiger partial charge is 0.120 e. The number of hydrogen-bond acceptors (Lipinski definition) is 3.